The predicted octanol–water partition coefficient (Wildman–Crippen LogP) is 2.71. The topological polar surface area (TPSA) is 58.7 Å². The molecule has 1 aromatic heterocycles. The molecule has 1 aliphatic heterocycles. The molecule has 0 saturated heterocycles. The molecule has 0 N–H and O–H groups in total. The van der Waals surface area contributed by atoms with Gasteiger partial charge in [0.1, 0.15) is 17.6 Å². The summed E-state index contributed by atoms with van der Waals surface area (Å²) in [6.45, 7) is 3.67. The molecule has 0 radical (unpaired) electrons. The minimum atomic E-state index is -0.668. The molecule has 20 heavy (non-hydrogen) atoms. The molecule has 1 atom stereocenters. The first kappa shape index (κ1) is 12.5. The summed E-state index contributed by atoms with van der Waals surface area (Å²) in [5.74, 6) is -0.577. The van der Waals surface area contributed by atoms with Gasteiger partial charge < -0.3 is 4.57 Å². The van der Waals surface area contributed by atoms with Gasteiger partial charge in [-0.3, -0.25) is 4.79 Å². The molecular formula is C15H12FN3O. The Balaban J connectivity index is 2.17. The maximum absolute atomic E-state index is 13.8. The van der Waals surface area contributed by atoms with E-state index in [1.807, 2.05) is 13.8 Å². The van der Waals surface area contributed by atoms with Gasteiger partial charge >= 0.3 is 0 Å². The fourth-order valence-electron chi connectivity index (χ4n) is 2.86. The van der Waals surface area contributed by atoms with Crippen molar-refractivity contribution in [3.8, 4) is 6.07 Å². The van der Waals surface area contributed by atoms with E-state index >= 15 is 0 Å². The average Bonchev–Trinajstić information content (AvgIpc) is 2.92. The maximum atomic E-state index is 13.8. The second-order valence-corrected chi connectivity index (χ2v) is 5.49. The molecule has 0 amide bonds. The van der Waals surface area contributed by atoms with Gasteiger partial charge in [0.2, 0.25) is 0 Å². The summed E-state index contributed by atoms with van der Waals surface area (Å²) in [6, 6.07) is 5.95. The number of nitrogens with zero attached hydrogens (tertiary/aromatic N) is 3. The van der Waals surface area contributed by atoms with Crippen LogP contribution in [0.2, 0.25) is 0 Å². The lowest BCUT2D eigenvalue weighted by molar-refractivity contribution is 0.0840. The highest BCUT2D eigenvalue weighted by atomic mass is 19.1. The number of aromatic nitrogens is 2. The van der Waals surface area contributed by atoms with Crippen LogP contribution in [0.15, 0.2) is 30.7 Å². The first-order valence-electron chi connectivity index (χ1n) is 6.23. The summed E-state index contributed by atoms with van der Waals surface area (Å²) in [6.07, 6.45) is 3.12. The molecule has 0 fully saturated rings. The van der Waals surface area contributed by atoms with Gasteiger partial charge in [0.25, 0.3) is 0 Å². The van der Waals surface area contributed by atoms with Crippen molar-refractivity contribution in [3.05, 3.63) is 53.4 Å². The number of ketones is 1. The van der Waals surface area contributed by atoms with E-state index in [0.717, 1.165) is 0 Å². The van der Waals surface area contributed by atoms with E-state index in [9.17, 15) is 9.18 Å². The van der Waals surface area contributed by atoms with Gasteiger partial charge in [-0.15, -0.1) is 0 Å². The molecule has 5 heteroatoms. The third-order valence-electron chi connectivity index (χ3n) is 3.88. The largest absolute Gasteiger partial charge is 0.320 e. The van der Waals surface area contributed by atoms with Crippen LogP contribution in [0, 0.1) is 22.6 Å². The van der Waals surface area contributed by atoms with Crippen molar-refractivity contribution in [3.63, 3.8) is 0 Å². The van der Waals surface area contributed by atoms with Crippen LogP contribution in [0.5, 0.6) is 0 Å². The number of benzene rings is 1. The first-order valence-corrected chi connectivity index (χ1v) is 6.23. The highest BCUT2D eigenvalue weighted by Gasteiger charge is 2.47. The zero-order valence-corrected chi connectivity index (χ0v) is 11.1. The summed E-state index contributed by atoms with van der Waals surface area (Å²) >= 11 is 0. The van der Waals surface area contributed by atoms with Crippen LogP contribution < -0.4 is 0 Å². The van der Waals surface area contributed by atoms with Gasteiger partial charge in [-0.05, 0) is 17.7 Å². The molecule has 4 nitrogen and oxygen atoms in total. The molecule has 0 aliphatic carbocycles. The third-order valence-corrected chi connectivity index (χ3v) is 3.88. The zero-order valence-electron chi connectivity index (χ0n) is 11.1. The molecule has 2 aromatic rings. The number of rotatable bonds is 1. The molecule has 0 spiro atoms. The van der Waals surface area contributed by atoms with Crippen LogP contribution in [0.1, 0.15) is 41.5 Å². The summed E-state index contributed by atoms with van der Waals surface area (Å²) in [7, 11) is 0. The number of imidazole rings is 1. The van der Waals surface area contributed by atoms with Crippen LogP contribution in [0.3, 0.4) is 0 Å². The van der Waals surface area contributed by atoms with Gasteiger partial charge in [0.05, 0.1) is 29.5 Å². The first-order chi connectivity index (χ1) is 9.46. The highest BCUT2D eigenvalue weighted by molar-refractivity contribution is 6.01. The second-order valence-electron chi connectivity index (χ2n) is 5.49. The Morgan fingerprint density at radius 2 is 2.20 bits per heavy atom. The standard InChI is InChI=1S/C15H12FN3O/c1-15(2)13(19-8-18-7-12(19)14(15)20)9-3-4-10(6-17)11(16)5-9/h3-5,7-8,13H,1-2H3. The van der Waals surface area contributed by atoms with Gasteiger partial charge in [-0.1, -0.05) is 19.9 Å². The summed E-state index contributed by atoms with van der Waals surface area (Å²) in [5.41, 5.74) is 0.530. The zero-order chi connectivity index (χ0) is 14.5. The lowest BCUT2D eigenvalue weighted by Gasteiger charge is -2.26. The normalized spacial score (nSPS) is 19.7. The van der Waals surface area contributed by atoms with Gasteiger partial charge in [-0.2, -0.15) is 5.26 Å². The molecule has 1 aliphatic rings. The lowest BCUT2D eigenvalue weighted by Crippen LogP contribution is -2.26. The third kappa shape index (κ3) is 1.51. The van der Waals surface area contributed by atoms with Crippen molar-refractivity contribution in [2.45, 2.75) is 19.9 Å². The van der Waals surface area contributed by atoms with E-state index in [1.54, 1.807) is 23.0 Å². The van der Waals surface area contributed by atoms with E-state index in [0.29, 0.717) is 11.3 Å². The number of hydrogen-bond donors (Lipinski definition) is 0. The minimum absolute atomic E-state index is 0.00161. The second kappa shape index (κ2) is 4.01. The van der Waals surface area contributed by atoms with Crippen molar-refractivity contribution < 1.29 is 9.18 Å². The van der Waals surface area contributed by atoms with E-state index in [-0.39, 0.29) is 17.4 Å². The lowest BCUT2D eigenvalue weighted by atomic mass is 9.79. The van der Waals surface area contributed by atoms with Crippen molar-refractivity contribution in [1.82, 2.24) is 9.55 Å². The Labute approximate surface area is 115 Å². The average molecular weight is 269 g/mol. The number of halogens is 1. The van der Waals surface area contributed by atoms with Crippen molar-refractivity contribution >= 4 is 5.78 Å². The van der Waals surface area contributed by atoms with Gasteiger partial charge in [-0.25, -0.2) is 9.37 Å². The van der Waals surface area contributed by atoms with E-state index in [2.05, 4.69) is 4.98 Å². The van der Waals surface area contributed by atoms with Crippen LogP contribution in [0.25, 0.3) is 0 Å². The van der Waals surface area contributed by atoms with Crippen LogP contribution in [0.4, 0.5) is 4.39 Å². The molecule has 0 bridgehead atoms. The highest BCUT2D eigenvalue weighted by Crippen LogP contribution is 2.45. The van der Waals surface area contributed by atoms with Crippen LogP contribution >= 0.6 is 0 Å². The Morgan fingerprint density at radius 1 is 1.45 bits per heavy atom. The van der Waals surface area contributed by atoms with Crippen molar-refractivity contribution in [2.24, 2.45) is 5.41 Å². The number of carbonyl (C=O) groups is 1. The van der Waals surface area contributed by atoms with Crippen molar-refractivity contribution in [2.75, 3.05) is 0 Å². The molecule has 2 heterocycles. The predicted molar refractivity (Wildman–Crippen MR) is 69.6 cm³/mol. The maximum Gasteiger partial charge on any atom is 0.188 e. The molecule has 1 aromatic carbocycles. The number of carbonyl (C=O) groups excluding carboxylic acids is 1. The number of hydrogen-bond acceptors (Lipinski definition) is 3. The quantitative estimate of drug-likeness (QED) is 0.799. The van der Waals surface area contributed by atoms with Crippen LogP contribution in [-0.4, -0.2) is 15.3 Å². The minimum Gasteiger partial charge on any atom is -0.320 e. The number of fused-ring (bicyclic) bond motifs is 1. The molecule has 0 saturated carbocycles. The van der Waals surface area contributed by atoms with Crippen molar-refractivity contribution in [1.29, 1.82) is 5.26 Å². The van der Waals surface area contributed by atoms with E-state index in [4.69, 9.17) is 5.26 Å². The molecule has 100 valence electrons. The Hall–Kier alpha value is -2.48. The summed E-state index contributed by atoms with van der Waals surface area (Å²) < 4.78 is 15.6. The Bertz CT molecular complexity index is 755. The monoisotopic (exact) mass is 269 g/mol. The SMILES string of the molecule is CC1(C)C(=O)c2cncn2C1c1ccc(C#N)c(F)c1. The van der Waals surface area contributed by atoms with Gasteiger partial charge in [0.15, 0.2) is 5.78 Å². The summed E-state index contributed by atoms with van der Waals surface area (Å²) in [5, 5.41) is 8.78. The summed E-state index contributed by atoms with van der Waals surface area (Å²) in [4.78, 5) is 16.4. The fraction of sp³-hybridized carbons (Fsp3) is 0.267. The number of Topliss-reactive ketones (excluding diaryl/α,β-unsaturated/α-hetero) is 1. The fourth-order valence-corrected chi connectivity index (χ4v) is 2.86. The Kier molecular flexibility index (Phi) is 2.51. The molecular weight excluding hydrogens is 257 g/mol. The van der Waals surface area contributed by atoms with Crippen LogP contribution in [-0.2, 0) is 0 Å². The Morgan fingerprint density at radius 3 is 2.85 bits per heavy atom. The smallest absolute Gasteiger partial charge is 0.188 e. The molecule has 3 rings (SSSR count). The van der Waals surface area contributed by atoms with E-state index < -0.39 is 11.2 Å². The van der Waals surface area contributed by atoms with Gasteiger partial charge in [0, 0.05) is 0 Å². The van der Waals surface area contributed by atoms with E-state index in [1.165, 1.54) is 18.3 Å². The molecule has 1 unspecified atom stereocenters. The number of nitriles is 1.